The van der Waals surface area contributed by atoms with E-state index in [1.807, 2.05) is 4.90 Å². The molecule has 1 aliphatic carbocycles. The zero-order valence-electron chi connectivity index (χ0n) is 15.7. The van der Waals surface area contributed by atoms with Crippen molar-refractivity contribution in [1.29, 1.82) is 0 Å². The van der Waals surface area contributed by atoms with Crippen LogP contribution in [0.25, 0.3) is 0 Å². The predicted octanol–water partition coefficient (Wildman–Crippen LogP) is -0.901. The van der Waals surface area contributed by atoms with E-state index in [2.05, 4.69) is 20.2 Å². The maximum Gasteiger partial charge on any atom is 0.293 e. The highest BCUT2D eigenvalue weighted by Crippen LogP contribution is 2.19. The van der Waals surface area contributed by atoms with Crippen molar-refractivity contribution in [2.24, 2.45) is 12.0 Å². The van der Waals surface area contributed by atoms with Gasteiger partial charge in [0.2, 0.25) is 5.91 Å². The van der Waals surface area contributed by atoms with Crippen molar-refractivity contribution < 1.29 is 4.79 Å². The molecular formula is C17H27N7O2. The van der Waals surface area contributed by atoms with Crippen molar-refractivity contribution >= 4 is 17.7 Å². The fourth-order valence-corrected chi connectivity index (χ4v) is 2.76. The Morgan fingerprint density at radius 2 is 2.00 bits per heavy atom. The summed E-state index contributed by atoms with van der Waals surface area (Å²) in [5.74, 6) is 1.26. The summed E-state index contributed by atoms with van der Waals surface area (Å²) in [4.78, 5) is 38.6. The number of rotatable bonds is 4. The van der Waals surface area contributed by atoms with Gasteiger partial charge in [0.05, 0.1) is 0 Å². The minimum absolute atomic E-state index is 0.0179. The second-order valence-corrected chi connectivity index (χ2v) is 6.99. The smallest absolute Gasteiger partial charge is 0.293 e. The molecule has 1 saturated heterocycles. The highest BCUT2D eigenvalue weighted by atomic mass is 16.2. The van der Waals surface area contributed by atoms with Gasteiger partial charge in [-0.15, -0.1) is 0 Å². The van der Waals surface area contributed by atoms with Gasteiger partial charge in [0, 0.05) is 65.8 Å². The van der Waals surface area contributed by atoms with Crippen LogP contribution in [-0.4, -0.2) is 84.1 Å². The molecule has 2 aliphatic rings. The molecule has 142 valence electrons. The van der Waals surface area contributed by atoms with Crippen molar-refractivity contribution in [1.82, 2.24) is 24.7 Å². The number of aliphatic imine (C=N–C) groups is 1. The second kappa shape index (κ2) is 7.76. The highest BCUT2D eigenvalue weighted by molar-refractivity contribution is 5.85. The van der Waals surface area contributed by atoms with Gasteiger partial charge in [0.25, 0.3) is 5.56 Å². The van der Waals surface area contributed by atoms with Gasteiger partial charge in [-0.2, -0.15) is 0 Å². The Hall–Kier alpha value is -2.58. The molecule has 1 aliphatic heterocycles. The van der Waals surface area contributed by atoms with E-state index in [-0.39, 0.29) is 18.0 Å². The van der Waals surface area contributed by atoms with Crippen LogP contribution in [-0.2, 0) is 11.8 Å². The van der Waals surface area contributed by atoms with E-state index >= 15 is 0 Å². The summed E-state index contributed by atoms with van der Waals surface area (Å²) in [6, 6.07) is 0.462. The minimum atomic E-state index is -0.0810. The standard InChI is InChI=1S/C17H27N7O2/c1-21(2)14(25)12-19-17(20-13-4-5-13)24-10-8-23(9-11-24)15-16(26)22(3)7-6-18-15/h6-7,13H,4-5,8-12H2,1-3H3,(H,19,20). The molecule has 1 aromatic rings. The van der Waals surface area contributed by atoms with Crippen molar-refractivity contribution in [2.45, 2.75) is 18.9 Å². The van der Waals surface area contributed by atoms with Crippen LogP contribution in [0.1, 0.15) is 12.8 Å². The molecule has 1 N–H and O–H groups in total. The SMILES string of the molecule is CN(C)C(=O)CN=C(NC1CC1)N1CCN(c2nccn(C)c2=O)CC1. The van der Waals surface area contributed by atoms with Crippen molar-refractivity contribution in [3.05, 3.63) is 22.7 Å². The first-order chi connectivity index (χ1) is 12.5. The van der Waals surface area contributed by atoms with Crippen LogP contribution < -0.4 is 15.8 Å². The van der Waals surface area contributed by atoms with Crippen molar-refractivity contribution in [3.8, 4) is 0 Å². The van der Waals surface area contributed by atoms with Crippen LogP contribution in [0.5, 0.6) is 0 Å². The number of hydrogen-bond acceptors (Lipinski definition) is 5. The largest absolute Gasteiger partial charge is 0.353 e. The zero-order chi connectivity index (χ0) is 18.7. The molecule has 1 aromatic heterocycles. The van der Waals surface area contributed by atoms with E-state index in [1.54, 1.807) is 43.0 Å². The van der Waals surface area contributed by atoms with Crippen LogP contribution in [0, 0.1) is 0 Å². The number of carbonyl (C=O) groups excluding carboxylic acids is 1. The highest BCUT2D eigenvalue weighted by Gasteiger charge is 2.27. The van der Waals surface area contributed by atoms with Crippen LogP contribution in [0.4, 0.5) is 5.82 Å². The molecule has 2 fully saturated rings. The molecule has 2 heterocycles. The molecular weight excluding hydrogens is 334 g/mol. The monoisotopic (exact) mass is 361 g/mol. The number of aromatic nitrogens is 2. The Labute approximate surface area is 153 Å². The fraction of sp³-hybridized carbons (Fsp3) is 0.647. The van der Waals surface area contributed by atoms with Gasteiger partial charge in [-0.1, -0.05) is 0 Å². The lowest BCUT2D eigenvalue weighted by atomic mass is 10.3. The van der Waals surface area contributed by atoms with Crippen LogP contribution >= 0.6 is 0 Å². The van der Waals surface area contributed by atoms with E-state index in [1.165, 1.54) is 0 Å². The number of anilines is 1. The summed E-state index contributed by atoms with van der Waals surface area (Å²) in [5, 5.41) is 3.44. The number of nitrogens with one attached hydrogen (secondary N) is 1. The first kappa shape index (κ1) is 18.2. The second-order valence-electron chi connectivity index (χ2n) is 6.99. The maximum absolute atomic E-state index is 12.2. The Bertz CT molecular complexity index is 731. The summed E-state index contributed by atoms with van der Waals surface area (Å²) in [6.07, 6.45) is 5.60. The molecule has 1 amide bonds. The molecule has 0 radical (unpaired) electrons. The Morgan fingerprint density at radius 3 is 2.62 bits per heavy atom. The Kier molecular flexibility index (Phi) is 5.43. The molecule has 0 bridgehead atoms. The summed E-state index contributed by atoms with van der Waals surface area (Å²) >= 11 is 0. The summed E-state index contributed by atoms with van der Waals surface area (Å²) in [7, 11) is 5.20. The van der Waals surface area contributed by atoms with Gasteiger partial charge in [-0.05, 0) is 12.8 Å². The molecule has 0 spiro atoms. The molecule has 0 atom stereocenters. The van der Waals surface area contributed by atoms with E-state index in [0.717, 1.165) is 31.9 Å². The van der Waals surface area contributed by atoms with E-state index in [9.17, 15) is 9.59 Å². The van der Waals surface area contributed by atoms with Crippen LogP contribution in [0.3, 0.4) is 0 Å². The summed E-state index contributed by atoms with van der Waals surface area (Å²) < 4.78 is 1.54. The molecule has 0 aromatic carbocycles. The molecule has 1 saturated carbocycles. The molecule has 9 heteroatoms. The topological polar surface area (TPSA) is 86.1 Å². The van der Waals surface area contributed by atoms with Gasteiger partial charge in [-0.25, -0.2) is 9.98 Å². The lowest BCUT2D eigenvalue weighted by Gasteiger charge is -2.37. The fourth-order valence-electron chi connectivity index (χ4n) is 2.76. The number of likely N-dealkylation sites (N-methyl/N-ethyl adjacent to an activating group) is 1. The average Bonchev–Trinajstić information content (AvgIpc) is 3.45. The van der Waals surface area contributed by atoms with Gasteiger partial charge in [0.15, 0.2) is 11.8 Å². The lowest BCUT2D eigenvalue weighted by Crippen LogP contribution is -2.54. The number of amides is 1. The summed E-state index contributed by atoms with van der Waals surface area (Å²) in [6.45, 7) is 2.99. The third-order valence-corrected chi connectivity index (χ3v) is 4.65. The third-order valence-electron chi connectivity index (χ3n) is 4.65. The van der Waals surface area contributed by atoms with E-state index < -0.39 is 0 Å². The number of nitrogens with zero attached hydrogens (tertiary/aromatic N) is 6. The molecule has 0 unspecified atom stereocenters. The predicted molar refractivity (Wildman–Crippen MR) is 100 cm³/mol. The lowest BCUT2D eigenvalue weighted by molar-refractivity contribution is -0.127. The third kappa shape index (κ3) is 4.33. The van der Waals surface area contributed by atoms with Gasteiger partial charge >= 0.3 is 0 Å². The zero-order valence-corrected chi connectivity index (χ0v) is 15.7. The minimum Gasteiger partial charge on any atom is -0.353 e. The summed E-state index contributed by atoms with van der Waals surface area (Å²) in [5.41, 5.74) is -0.0810. The molecule has 9 nitrogen and oxygen atoms in total. The van der Waals surface area contributed by atoms with Gasteiger partial charge in [-0.3, -0.25) is 9.59 Å². The molecule has 3 rings (SSSR count). The van der Waals surface area contributed by atoms with Crippen LogP contribution in [0.15, 0.2) is 22.2 Å². The normalized spacial score (nSPS) is 18.0. The number of guanidine groups is 1. The molecule has 26 heavy (non-hydrogen) atoms. The van der Waals surface area contributed by atoms with Gasteiger partial charge < -0.3 is 24.6 Å². The Balaban J connectivity index is 1.65. The number of aryl methyl sites for hydroxylation is 1. The van der Waals surface area contributed by atoms with Crippen LogP contribution in [0.2, 0.25) is 0 Å². The average molecular weight is 361 g/mol. The van der Waals surface area contributed by atoms with Gasteiger partial charge in [0.1, 0.15) is 6.54 Å². The van der Waals surface area contributed by atoms with E-state index in [4.69, 9.17) is 0 Å². The number of carbonyl (C=O) groups is 1. The first-order valence-corrected chi connectivity index (χ1v) is 8.98. The maximum atomic E-state index is 12.2. The van der Waals surface area contributed by atoms with E-state index in [0.29, 0.717) is 24.9 Å². The quantitative estimate of drug-likeness (QED) is 0.553. The first-order valence-electron chi connectivity index (χ1n) is 8.98. The van der Waals surface area contributed by atoms with Crippen molar-refractivity contribution in [2.75, 3.05) is 51.7 Å². The number of piperazine rings is 1. The Morgan fingerprint density at radius 1 is 1.31 bits per heavy atom. The number of hydrogen-bond donors (Lipinski definition) is 1. The van der Waals surface area contributed by atoms with Crippen molar-refractivity contribution in [3.63, 3.8) is 0 Å².